The number of nitrogens with one attached hydrogen (secondary N) is 1. The third-order valence-corrected chi connectivity index (χ3v) is 4.64. The zero-order chi connectivity index (χ0) is 13.9. The molecule has 0 atom stereocenters. The Kier molecular flexibility index (Phi) is 3.90. The van der Waals surface area contributed by atoms with Crippen molar-refractivity contribution in [1.29, 1.82) is 0 Å². The summed E-state index contributed by atoms with van der Waals surface area (Å²) in [6.45, 7) is 2.07. The lowest BCUT2D eigenvalue weighted by Gasteiger charge is -2.20. The van der Waals surface area contributed by atoms with E-state index in [9.17, 15) is 4.79 Å². The topological polar surface area (TPSA) is 32.9 Å². The van der Waals surface area contributed by atoms with E-state index in [1.807, 2.05) is 6.20 Å². The number of aromatic nitrogens is 1. The van der Waals surface area contributed by atoms with Gasteiger partial charge in [0.1, 0.15) is 0 Å². The first-order chi connectivity index (χ1) is 9.74. The first kappa shape index (κ1) is 13.4. The van der Waals surface area contributed by atoms with Crippen LogP contribution >= 0.6 is 0 Å². The highest BCUT2D eigenvalue weighted by atomic mass is 16.1. The molecule has 0 aliphatic heterocycles. The van der Waals surface area contributed by atoms with E-state index in [2.05, 4.69) is 30.1 Å². The minimum absolute atomic E-state index is 0.299. The standard InChI is InChI=1S/C18H23NO/c1-13-7-9-17-15(11-13)16(12-19-17)18(20)10-8-14-5-3-2-4-6-14/h7,9,11-12,14,19H,2-6,8,10H2,1H3. The summed E-state index contributed by atoms with van der Waals surface area (Å²) < 4.78 is 0. The molecular weight excluding hydrogens is 246 g/mol. The van der Waals surface area contributed by atoms with Crippen molar-refractivity contribution in [3.05, 3.63) is 35.5 Å². The van der Waals surface area contributed by atoms with Crippen LogP contribution in [0.1, 0.15) is 60.9 Å². The summed E-state index contributed by atoms with van der Waals surface area (Å²) in [6.07, 6.45) is 10.4. The van der Waals surface area contributed by atoms with Crippen molar-refractivity contribution >= 4 is 16.7 Å². The number of hydrogen-bond acceptors (Lipinski definition) is 1. The average Bonchev–Trinajstić information content (AvgIpc) is 2.89. The summed E-state index contributed by atoms with van der Waals surface area (Å²) in [5.74, 6) is 1.08. The lowest BCUT2D eigenvalue weighted by Crippen LogP contribution is -2.09. The number of rotatable bonds is 4. The van der Waals surface area contributed by atoms with Crippen molar-refractivity contribution in [3.63, 3.8) is 0 Å². The summed E-state index contributed by atoms with van der Waals surface area (Å²) in [7, 11) is 0. The molecule has 0 unspecified atom stereocenters. The van der Waals surface area contributed by atoms with Crippen molar-refractivity contribution in [3.8, 4) is 0 Å². The van der Waals surface area contributed by atoms with E-state index in [-0.39, 0.29) is 0 Å². The maximum atomic E-state index is 12.5. The number of aryl methyl sites for hydroxylation is 1. The second-order valence-electron chi connectivity index (χ2n) is 6.22. The highest BCUT2D eigenvalue weighted by molar-refractivity contribution is 6.07. The Balaban J connectivity index is 1.70. The SMILES string of the molecule is Cc1ccc2[nH]cc(C(=O)CCC3CCCCC3)c2c1. The average molecular weight is 269 g/mol. The van der Waals surface area contributed by atoms with Gasteiger partial charge >= 0.3 is 0 Å². The Morgan fingerprint density at radius 2 is 2.05 bits per heavy atom. The van der Waals surface area contributed by atoms with Crippen molar-refractivity contribution in [2.45, 2.75) is 51.9 Å². The third-order valence-electron chi connectivity index (χ3n) is 4.64. The van der Waals surface area contributed by atoms with Crippen LogP contribution in [-0.2, 0) is 0 Å². The van der Waals surface area contributed by atoms with Crippen LogP contribution in [0.4, 0.5) is 0 Å². The van der Waals surface area contributed by atoms with E-state index in [1.165, 1.54) is 37.7 Å². The molecule has 1 aromatic heterocycles. The van der Waals surface area contributed by atoms with E-state index in [1.54, 1.807) is 0 Å². The van der Waals surface area contributed by atoms with Crippen molar-refractivity contribution < 1.29 is 4.79 Å². The summed E-state index contributed by atoms with van der Waals surface area (Å²) in [5, 5.41) is 1.08. The van der Waals surface area contributed by atoms with Gasteiger partial charge < -0.3 is 4.98 Å². The van der Waals surface area contributed by atoms with Gasteiger partial charge in [-0.1, -0.05) is 43.7 Å². The van der Waals surface area contributed by atoms with E-state index in [4.69, 9.17) is 0 Å². The molecule has 20 heavy (non-hydrogen) atoms. The highest BCUT2D eigenvalue weighted by Crippen LogP contribution is 2.28. The van der Waals surface area contributed by atoms with Crippen LogP contribution in [0.25, 0.3) is 10.9 Å². The Morgan fingerprint density at radius 3 is 2.85 bits per heavy atom. The molecule has 1 N–H and O–H groups in total. The Bertz CT molecular complexity index is 605. The summed E-state index contributed by atoms with van der Waals surface area (Å²) >= 11 is 0. The minimum Gasteiger partial charge on any atom is -0.360 e. The van der Waals surface area contributed by atoms with Gasteiger partial charge in [-0.05, 0) is 31.4 Å². The smallest absolute Gasteiger partial charge is 0.165 e. The molecule has 1 aliphatic carbocycles. The summed E-state index contributed by atoms with van der Waals surface area (Å²) in [5.41, 5.74) is 3.15. The number of carbonyl (C=O) groups is 1. The van der Waals surface area contributed by atoms with Crippen LogP contribution in [0.3, 0.4) is 0 Å². The number of fused-ring (bicyclic) bond motifs is 1. The van der Waals surface area contributed by atoms with E-state index >= 15 is 0 Å². The largest absolute Gasteiger partial charge is 0.360 e. The van der Waals surface area contributed by atoms with Gasteiger partial charge in [-0.15, -0.1) is 0 Å². The molecule has 1 aromatic carbocycles. The number of hydrogen-bond donors (Lipinski definition) is 1. The van der Waals surface area contributed by atoms with Gasteiger partial charge in [-0.25, -0.2) is 0 Å². The highest BCUT2D eigenvalue weighted by Gasteiger charge is 2.17. The molecule has 0 bridgehead atoms. The fourth-order valence-electron chi connectivity index (χ4n) is 3.41. The molecule has 1 heterocycles. The minimum atomic E-state index is 0.299. The number of H-pyrrole nitrogens is 1. The monoisotopic (exact) mass is 269 g/mol. The Labute approximate surface area is 120 Å². The van der Waals surface area contributed by atoms with Crippen molar-refractivity contribution in [1.82, 2.24) is 4.98 Å². The zero-order valence-corrected chi connectivity index (χ0v) is 12.2. The van der Waals surface area contributed by atoms with Gasteiger partial charge in [-0.3, -0.25) is 4.79 Å². The van der Waals surface area contributed by atoms with Crippen LogP contribution in [0.15, 0.2) is 24.4 Å². The molecule has 106 valence electrons. The van der Waals surface area contributed by atoms with Gasteiger partial charge in [0, 0.05) is 29.1 Å². The van der Waals surface area contributed by atoms with Crippen LogP contribution < -0.4 is 0 Å². The molecule has 1 fully saturated rings. The first-order valence-corrected chi connectivity index (χ1v) is 7.85. The third kappa shape index (κ3) is 2.79. The van der Waals surface area contributed by atoms with Crippen molar-refractivity contribution in [2.24, 2.45) is 5.92 Å². The predicted octanol–water partition coefficient (Wildman–Crippen LogP) is 5.02. The molecule has 0 spiro atoms. The molecule has 0 amide bonds. The van der Waals surface area contributed by atoms with Crippen LogP contribution in [0.2, 0.25) is 0 Å². The first-order valence-electron chi connectivity index (χ1n) is 7.85. The Hall–Kier alpha value is -1.57. The molecule has 1 aliphatic rings. The number of aromatic amines is 1. The van der Waals surface area contributed by atoms with E-state index < -0.39 is 0 Å². The second kappa shape index (κ2) is 5.82. The zero-order valence-electron chi connectivity index (χ0n) is 12.2. The van der Waals surface area contributed by atoms with Crippen LogP contribution in [0, 0.1) is 12.8 Å². The van der Waals surface area contributed by atoms with Crippen LogP contribution in [0.5, 0.6) is 0 Å². The number of benzene rings is 1. The number of ketones is 1. The maximum Gasteiger partial charge on any atom is 0.165 e. The number of Topliss-reactive ketones (excluding diaryl/α,β-unsaturated/α-hetero) is 1. The fraction of sp³-hybridized carbons (Fsp3) is 0.500. The van der Waals surface area contributed by atoms with E-state index in [0.29, 0.717) is 12.2 Å². The van der Waals surface area contributed by atoms with Gasteiger partial charge in [0.2, 0.25) is 0 Å². The molecule has 0 radical (unpaired) electrons. The molecule has 2 heteroatoms. The maximum absolute atomic E-state index is 12.5. The van der Waals surface area contributed by atoms with E-state index in [0.717, 1.165) is 28.8 Å². The quantitative estimate of drug-likeness (QED) is 0.777. The molecule has 2 aromatic rings. The summed E-state index contributed by atoms with van der Waals surface area (Å²) in [6, 6.07) is 6.25. The lowest BCUT2D eigenvalue weighted by atomic mass is 9.85. The fourth-order valence-corrected chi connectivity index (χ4v) is 3.41. The summed E-state index contributed by atoms with van der Waals surface area (Å²) in [4.78, 5) is 15.7. The van der Waals surface area contributed by atoms with Gasteiger partial charge in [0.25, 0.3) is 0 Å². The molecule has 1 saturated carbocycles. The molecule has 0 saturated heterocycles. The van der Waals surface area contributed by atoms with Crippen molar-refractivity contribution in [2.75, 3.05) is 0 Å². The predicted molar refractivity (Wildman–Crippen MR) is 83.2 cm³/mol. The molecule has 3 rings (SSSR count). The van der Waals surface area contributed by atoms with Gasteiger partial charge in [0.15, 0.2) is 5.78 Å². The normalized spacial score (nSPS) is 16.6. The van der Waals surface area contributed by atoms with Gasteiger partial charge in [-0.2, -0.15) is 0 Å². The lowest BCUT2D eigenvalue weighted by molar-refractivity contribution is 0.0972. The second-order valence-corrected chi connectivity index (χ2v) is 6.22. The molecule has 2 nitrogen and oxygen atoms in total. The Morgan fingerprint density at radius 1 is 1.25 bits per heavy atom. The van der Waals surface area contributed by atoms with Crippen LogP contribution in [-0.4, -0.2) is 10.8 Å². The van der Waals surface area contributed by atoms with Gasteiger partial charge in [0.05, 0.1) is 0 Å². The molecular formula is C18H23NO. The number of carbonyl (C=O) groups excluding carboxylic acids is 1.